The second-order valence-electron chi connectivity index (χ2n) is 4.90. The molecule has 0 aliphatic rings. The Morgan fingerprint density at radius 2 is 1.35 bits per heavy atom. The molecule has 0 fully saturated rings. The van der Waals surface area contributed by atoms with Gasteiger partial charge in [-0.1, -0.05) is 46.5 Å². The summed E-state index contributed by atoms with van der Waals surface area (Å²) in [4.78, 5) is 0. The molecule has 98 valence electrons. The molecule has 0 spiro atoms. The van der Waals surface area contributed by atoms with Crippen LogP contribution in [0, 0.1) is 20.3 Å². The van der Waals surface area contributed by atoms with E-state index in [9.17, 15) is 0 Å². The molecule has 0 heterocycles. The quantitative estimate of drug-likeness (QED) is 0.472. The van der Waals surface area contributed by atoms with Crippen molar-refractivity contribution in [3.05, 3.63) is 50.9 Å². The standard InChI is InChI=1S/C8H18N.C5H5.2CH3.Ti/c1-6-8(5,9)7(2,3)4;1-2-4-5-3-1;;;/h9H,6H2,1-5H3;1-5H;2*1H3;/q4*-1;+4. The van der Waals surface area contributed by atoms with Crippen LogP contribution in [0.15, 0.2) is 30.3 Å². The third-order valence-corrected chi connectivity index (χ3v) is 2.92. The van der Waals surface area contributed by atoms with Crippen molar-refractivity contribution in [2.45, 2.75) is 46.6 Å². The first-order valence-electron chi connectivity index (χ1n) is 5.23. The van der Waals surface area contributed by atoms with Gasteiger partial charge in [-0.3, -0.25) is 0 Å². The summed E-state index contributed by atoms with van der Waals surface area (Å²) >= 11 is 0. The largest absolute Gasteiger partial charge is 4.00 e. The molecule has 1 aromatic rings. The summed E-state index contributed by atoms with van der Waals surface area (Å²) in [7, 11) is 0. The molecule has 2 heteroatoms. The van der Waals surface area contributed by atoms with Gasteiger partial charge in [0.15, 0.2) is 0 Å². The molecule has 0 radical (unpaired) electrons. The van der Waals surface area contributed by atoms with E-state index in [1.165, 1.54) is 0 Å². The molecule has 1 unspecified atom stereocenters. The Labute approximate surface area is 124 Å². The number of hydrogen-bond donors (Lipinski definition) is 0. The number of rotatable bonds is 1. The van der Waals surface area contributed by atoms with Gasteiger partial charge in [0.2, 0.25) is 0 Å². The molecule has 0 saturated heterocycles. The smallest absolute Gasteiger partial charge is 0.672 e. The van der Waals surface area contributed by atoms with E-state index in [0.29, 0.717) is 0 Å². The molecular formula is C15H29NTi. The molecule has 0 saturated carbocycles. The van der Waals surface area contributed by atoms with Gasteiger partial charge >= 0.3 is 21.7 Å². The molecule has 0 aliphatic heterocycles. The van der Waals surface area contributed by atoms with Crippen molar-refractivity contribution in [3.63, 3.8) is 0 Å². The second-order valence-corrected chi connectivity index (χ2v) is 4.90. The fraction of sp³-hybridized carbons (Fsp3) is 0.533. The molecule has 1 rings (SSSR count). The van der Waals surface area contributed by atoms with Crippen LogP contribution in [0.5, 0.6) is 0 Å². The number of hydrogen-bond acceptors (Lipinski definition) is 0. The van der Waals surface area contributed by atoms with Crippen molar-refractivity contribution in [1.82, 2.24) is 0 Å². The summed E-state index contributed by atoms with van der Waals surface area (Å²) < 4.78 is 0. The fourth-order valence-corrected chi connectivity index (χ4v) is 0.851. The molecule has 1 aromatic carbocycles. The summed E-state index contributed by atoms with van der Waals surface area (Å²) in [5.41, 5.74) is 7.67. The van der Waals surface area contributed by atoms with Gasteiger partial charge in [0.05, 0.1) is 0 Å². The van der Waals surface area contributed by atoms with E-state index in [0.717, 1.165) is 6.42 Å². The summed E-state index contributed by atoms with van der Waals surface area (Å²) in [6.07, 6.45) is 0.927. The first kappa shape index (κ1) is 25.8. The average molecular weight is 271 g/mol. The Balaban J connectivity index is -0.0000000921. The van der Waals surface area contributed by atoms with Gasteiger partial charge < -0.3 is 20.6 Å². The minimum Gasteiger partial charge on any atom is -0.672 e. The summed E-state index contributed by atoms with van der Waals surface area (Å²) in [5, 5.41) is 0. The van der Waals surface area contributed by atoms with Crippen molar-refractivity contribution in [1.29, 1.82) is 0 Å². The van der Waals surface area contributed by atoms with Gasteiger partial charge in [-0.05, 0) is 0 Å². The first-order chi connectivity index (χ1) is 6.31. The van der Waals surface area contributed by atoms with Gasteiger partial charge in [0.25, 0.3) is 0 Å². The molecule has 0 amide bonds. The maximum absolute atomic E-state index is 7.83. The minimum atomic E-state index is -0.271. The third kappa shape index (κ3) is 10.9. The van der Waals surface area contributed by atoms with Gasteiger partial charge in [0.1, 0.15) is 0 Å². The Hall–Kier alpha value is 0.0243. The van der Waals surface area contributed by atoms with Crippen molar-refractivity contribution in [3.8, 4) is 0 Å². The van der Waals surface area contributed by atoms with E-state index < -0.39 is 0 Å². The minimum absolute atomic E-state index is 0. The Morgan fingerprint density at radius 3 is 1.41 bits per heavy atom. The molecule has 1 nitrogen and oxygen atoms in total. The summed E-state index contributed by atoms with van der Waals surface area (Å²) in [6.45, 7) is 10.4. The van der Waals surface area contributed by atoms with Crippen LogP contribution < -0.4 is 0 Å². The van der Waals surface area contributed by atoms with E-state index in [1.807, 2.05) is 37.3 Å². The molecule has 0 aromatic heterocycles. The molecular weight excluding hydrogens is 242 g/mol. The topological polar surface area (TPSA) is 23.8 Å². The van der Waals surface area contributed by atoms with Crippen LogP contribution in [-0.4, -0.2) is 5.54 Å². The number of nitrogens with one attached hydrogen (secondary N) is 1. The van der Waals surface area contributed by atoms with Crippen LogP contribution in [0.25, 0.3) is 5.73 Å². The Bertz CT molecular complexity index is 202. The normalized spacial score (nSPS) is 12.6. The zero-order valence-electron chi connectivity index (χ0n) is 12.6. The average Bonchev–Trinajstić information content (AvgIpc) is 2.59. The maximum Gasteiger partial charge on any atom is 4.00 e. The van der Waals surface area contributed by atoms with Crippen molar-refractivity contribution in [2.75, 3.05) is 0 Å². The Morgan fingerprint density at radius 1 is 1.00 bits per heavy atom. The van der Waals surface area contributed by atoms with Gasteiger partial charge in [-0.25, -0.2) is 12.1 Å². The molecule has 0 aliphatic carbocycles. The van der Waals surface area contributed by atoms with Crippen LogP contribution in [0.2, 0.25) is 0 Å². The third-order valence-electron chi connectivity index (χ3n) is 2.92. The predicted molar refractivity (Wildman–Crippen MR) is 77.3 cm³/mol. The van der Waals surface area contributed by atoms with Gasteiger partial charge in [0, 0.05) is 0 Å². The van der Waals surface area contributed by atoms with Crippen molar-refractivity contribution < 1.29 is 21.7 Å². The van der Waals surface area contributed by atoms with Crippen LogP contribution >= 0.6 is 0 Å². The van der Waals surface area contributed by atoms with Gasteiger partial charge in [-0.15, -0.1) is 5.54 Å². The van der Waals surface area contributed by atoms with E-state index in [1.54, 1.807) is 0 Å². The van der Waals surface area contributed by atoms with Crippen LogP contribution in [0.3, 0.4) is 0 Å². The summed E-state index contributed by atoms with van der Waals surface area (Å²) in [6, 6.07) is 10.0. The van der Waals surface area contributed by atoms with E-state index >= 15 is 0 Å². The van der Waals surface area contributed by atoms with E-state index in [-0.39, 0.29) is 47.5 Å². The van der Waals surface area contributed by atoms with Crippen LogP contribution in [0.1, 0.15) is 41.0 Å². The zero-order chi connectivity index (χ0) is 11.2. The summed E-state index contributed by atoms with van der Waals surface area (Å²) in [5.74, 6) is 0. The predicted octanol–water partition coefficient (Wildman–Crippen LogP) is 5.56. The van der Waals surface area contributed by atoms with Crippen molar-refractivity contribution in [2.24, 2.45) is 5.41 Å². The second kappa shape index (κ2) is 11.1. The maximum atomic E-state index is 7.83. The van der Waals surface area contributed by atoms with Gasteiger partial charge in [-0.2, -0.15) is 18.2 Å². The van der Waals surface area contributed by atoms with Crippen LogP contribution in [0.4, 0.5) is 0 Å². The molecule has 0 bridgehead atoms. The Kier molecular flexibility index (Phi) is 16.9. The molecule has 1 atom stereocenters. The molecule has 17 heavy (non-hydrogen) atoms. The SMILES string of the molecule is CCC(C)([NH-])C(C)(C)C.[CH3-].[CH3-].[Ti+4].c1cc[cH-]c1. The van der Waals surface area contributed by atoms with E-state index in [4.69, 9.17) is 5.73 Å². The van der Waals surface area contributed by atoms with Crippen molar-refractivity contribution >= 4 is 0 Å². The monoisotopic (exact) mass is 271 g/mol. The molecule has 1 N–H and O–H groups in total. The zero-order valence-corrected chi connectivity index (χ0v) is 14.2. The fourth-order valence-electron chi connectivity index (χ4n) is 0.851. The van der Waals surface area contributed by atoms with E-state index in [2.05, 4.69) is 27.7 Å². The van der Waals surface area contributed by atoms with Crippen LogP contribution in [-0.2, 0) is 21.7 Å². The first-order valence-corrected chi connectivity index (χ1v) is 5.23.